The quantitative estimate of drug-likeness (QED) is 0.435. The molecule has 0 amide bonds. The topological polar surface area (TPSA) is 80.1 Å². The average molecular weight is 466 g/mol. The van der Waals surface area contributed by atoms with Crippen molar-refractivity contribution in [1.29, 1.82) is 0 Å². The molecule has 0 unspecified atom stereocenters. The maximum absolute atomic E-state index is 12.5. The summed E-state index contributed by atoms with van der Waals surface area (Å²) in [5.74, 6) is 2.56. The highest BCUT2D eigenvalue weighted by Gasteiger charge is 2.19. The van der Waals surface area contributed by atoms with Gasteiger partial charge in [0.25, 0.3) is 0 Å². The number of nitrogens with one attached hydrogen (secondary N) is 1. The first-order chi connectivity index (χ1) is 14.3. The molecule has 2 aromatic heterocycles. The highest BCUT2D eigenvalue weighted by atomic mass is 32.2. The molecule has 0 aliphatic carbocycles. The molecule has 0 aliphatic rings. The minimum absolute atomic E-state index is 0.214. The Balaban J connectivity index is 1.45. The number of rotatable bonds is 11. The first-order valence-electron chi connectivity index (χ1n) is 9.54. The largest absolute Gasteiger partial charge is 0.354 e. The predicted octanol–water partition coefficient (Wildman–Crippen LogP) is 3.26. The van der Waals surface area contributed by atoms with Gasteiger partial charge in [-0.05, 0) is 43.2 Å². The van der Waals surface area contributed by atoms with E-state index in [0.717, 1.165) is 24.6 Å². The molecule has 7 nitrogen and oxygen atoms in total. The zero-order valence-corrected chi connectivity index (χ0v) is 19.9. The molecule has 0 bridgehead atoms. The number of thiophene rings is 1. The normalized spacial score (nSPS) is 11.9. The van der Waals surface area contributed by atoms with E-state index in [2.05, 4.69) is 45.8 Å². The number of anilines is 1. The van der Waals surface area contributed by atoms with Crippen LogP contribution in [0.2, 0.25) is 0 Å². The number of nitrogens with zero attached hydrogens (tertiary/aromatic N) is 4. The fourth-order valence-electron chi connectivity index (χ4n) is 2.86. The molecule has 0 spiro atoms. The van der Waals surface area contributed by atoms with Crippen molar-refractivity contribution in [2.45, 2.75) is 22.9 Å². The van der Waals surface area contributed by atoms with Crippen LogP contribution >= 0.6 is 23.1 Å². The molecular formula is C20H27N5O2S3. The number of aryl methyl sites for hydroxylation is 1. The zero-order chi connectivity index (χ0) is 21.6. The third-order valence-corrected chi connectivity index (χ3v) is 7.84. The van der Waals surface area contributed by atoms with Crippen LogP contribution in [0.1, 0.15) is 16.3 Å². The smallest absolute Gasteiger partial charge is 0.221 e. The molecule has 2 heterocycles. The van der Waals surface area contributed by atoms with Gasteiger partial charge in [-0.25, -0.2) is 13.1 Å². The summed E-state index contributed by atoms with van der Waals surface area (Å²) >= 11 is 3.66. The molecular weight excluding hydrogens is 438 g/mol. The fourth-order valence-corrected chi connectivity index (χ4v) is 5.96. The first kappa shape index (κ1) is 22.8. The molecule has 30 heavy (non-hydrogen) atoms. The molecule has 3 aromatic rings. The van der Waals surface area contributed by atoms with E-state index in [1.807, 2.05) is 11.8 Å². The SMILES string of the molecule is CN(C)Cc1cc(CSCCNc2nc(CS(=O)(=O)c3ccccc3)nn2C)cs1. The van der Waals surface area contributed by atoms with Crippen molar-refractivity contribution in [3.63, 3.8) is 0 Å². The number of hydrogen-bond donors (Lipinski definition) is 1. The summed E-state index contributed by atoms with van der Waals surface area (Å²) in [6.07, 6.45) is 0. The predicted molar refractivity (Wildman–Crippen MR) is 125 cm³/mol. The molecule has 0 saturated carbocycles. The summed E-state index contributed by atoms with van der Waals surface area (Å²) in [7, 11) is 2.46. The van der Waals surface area contributed by atoms with Gasteiger partial charge in [-0.1, -0.05) is 18.2 Å². The van der Waals surface area contributed by atoms with Gasteiger partial charge < -0.3 is 10.2 Å². The van der Waals surface area contributed by atoms with Crippen LogP contribution in [0.3, 0.4) is 0 Å². The van der Waals surface area contributed by atoms with E-state index in [4.69, 9.17) is 0 Å². The summed E-state index contributed by atoms with van der Waals surface area (Å²) in [6, 6.07) is 10.7. The average Bonchev–Trinajstić information content (AvgIpc) is 3.27. The van der Waals surface area contributed by atoms with Crippen LogP contribution in [0.4, 0.5) is 5.95 Å². The highest BCUT2D eigenvalue weighted by molar-refractivity contribution is 7.98. The van der Waals surface area contributed by atoms with E-state index in [1.165, 1.54) is 10.4 Å². The Morgan fingerprint density at radius 3 is 2.73 bits per heavy atom. The third-order valence-electron chi connectivity index (χ3n) is 4.21. The second kappa shape index (κ2) is 10.4. The fraction of sp³-hybridized carbons (Fsp3) is 0.400. The van der Waals surface area contributed by atoms with Crippen molar-refractivity contribution in [1.82, 2.24) is 19.7 Å². The third kappa shape index (κ3) is 6.56. The summed E-state index contributed by atoms with van der Waals surface area (Å²) in [4.78, 5) is 8.19. The van der Waals surface area contributed by atoms with E-state index >= 15 is 0 Å². The number of sulfone groups is 1. The summed E-state index contributed by atoms with van der Waals surface area (Å²) in [5, 5.41) is 9.72. The van der Waals surface area contributed by atoms with Crippen molar-refractivity contribution in [2.75, 3.05) is 31.7 Å². The van der Waals surface area contributed by atoms with Gasteiger partial charge in [-0.3, -0.25) is 0 Å². The molecule has 1 aromatic carbocycles. The number of benzene rings is 1. The van der Waals surface area contributed by atoms with Gasteiger partial charge in [0.1, 0.15) is 5.75 Å². The number of thioether (sulfide) groups is 1. The van der Waals surface area contributed by atoms with Gasteiger partial charge in [0.15, 0.2) is 15.7 Å². The molecule has 0 aliphatic heterocycles. The lowest BCUT2D eigenvalue weighted by molar-refractivity contribution is 0.406. The number of hydrogen-bond acceptors (Lipinski definition) is 8. The lowest BCUT2D eigenvalue weighted by Crippen LogP contribution is -2.09. The highest BCUT2D eigenvalue weighted by Crippen LogP contribution is 2.21. The molecule has 0 atom stereocenters. The van der Waals surface area contributed by atoms with Gasteiger partial charge >= 0.3 is 0 Å². The van der Waals surface area contributed by atoms with Gasteiger partial charge in [-0.15, -0.1) is 11.3 Å². The summed E-state index contributed by atoms with van der Waals surface area (Å²) in [6.45, 7) is 1.71. The van der Waals surface area contributed by atoms with Gasteiger partial charge in [0.2, 0.25) is 5.95 Å². The van der Waals surface area contributed by atoms with Crippen LogP contribution in [-0.4, -0.2) is 54.5 Å². The van der Waals surface area contributed by atoms with Gasteiger partial charge in [-0.2, -0.15) is 21.8 Å². The van der Waals surface area contributed by atoms with Crippen LogP contribution in [0.15, 0.2) is 46.7 Å². The lowest BCUT2D eigenvalue weighted by atomic mass is 10.3. The summed E-state index contributed by atoms with van der Waals surface area (Å²) in [5.41, 5.74) is 1.36. The maximum atomic E-state index is 12.5. The molecule has 0 fully saturated rings. The minimum Gasteiger partial charge on any atom is -0.354 e. The van der Waals surface area contributed by atoms with Crippen molar-refractivity contribution in [3.8, 4) is 0 Å². The second-order valence-electron chi connectivity index (χ2n) is 7.19. The maximum Gasteiger partial charge on any atom is 0.221 e. The first-order valence-corrected chi connectivity index (χ1v) is 13.2. The molecule has 10 heteroatoms. The Morgan fingerprint density at radius 2 is 2.00 bits per heavy atom. The molecule has 162 valence electrons. The van der Waals surface area contributed by atoms with E-state index in [9.17, 15) is 8.42 Å². The Hall–Kier alpha value is -1.88. The van der Waals surface area contributed by atoms with E-state index in [1.54, 1.807) is 53.4 Å². The Morgan fingerprint density at radius 1 is 1.23 bits per heavy atom. The molecule has 1 N–H and O–H groups in total. The van der Waals surface area contributed by atoms with Crippen LogP contribution in [0, 0.1) is 0 Å². The van der Waals surface area contributed by atoms with Crippen LogP contribution < -0.4 is 5.32 Å². The standard InChI is InChI=1S/C20H27N5O2S3/c1-24(2)12-17-11-16(14-29-17)13-28-10-9-21-20-22-19(23-25(20)3)15-30(26,27)18-7-5-4-6-8-18/h4-8,11,14H,9-10,12-13,15H2,1-3H3,(H,21,22,23). The van der Waals surface area contributed by atoms with Crippen molar-refractivity contribution >= 4 is 38.9 Å². The van der Waals surface area contributed by atoms with Crippen molar-refractivity contribution < 1.29 is 8.42 Å². The monoisotopic (exact) mass is 465 g/mol. The van der Waals surface area contributed by atoms with E-state index < -0.39 is 9.84 Å². The second-order valence-corrected chi connectivity index (χ2v) is 11.3. The van der Waals surface area contributed by atoms with Crippen LogP contribution in [0.5, 0.6) is 0 Å². The van der Waals surface area contributed by atoms with Gasteiger partial charge in [0.05, 0.1) is 4.90 Å². The summed E-state index contributed by atoms with van der Waals surface area (Å²) < 4.78 is 26.6. The Bertz CT molecular complexity index is 1050. The molecule has 0 radical (unpaired) electrons. The Kier molecular flexibility index (Phi) is 7.93. The molecule has 0 saturated heterocycles. The lowest BCUT2D eigenvalue weighted by Gasteiger charge is -2.06. The van der Waals surface area contributed by atoms with E-state index in [-0.39, 0.29) is 10.6 Å². The Labute approximate surface area is 186 Å². The number of aromatic nitrogens is 3. The van der Waals surface area contributed by atoms with Gasteiger partial charge in [0, 0.05) is 36.5 Å². The van der Waals surface area contributed by atoms with Crippen LogP contribution in [0.25, 0.3) is 0 Å². The minimum atomic E-state index is -3.45. The van der Waals surface area contributed by atoms with Crippen LogP contribution in [-0.2, 0) is 34.9 Å². The zero-order valence-electron chi connectivity index (χ0n) is 17.4. The molecule has 3 rings (SSSR count). The van der Waals surface area contributed by atoms with E-state index in [0.29, 0.717) is 11.8 Å². The van der Waals surface area contributed by atoms with Crippen molar-refractivity contribution in [2.24, 2.45) is 7.05 Å². The van der Waals surface area contributed by atoms with Crippen molar-refractivity contribution in [3.05, 3.63) is 58.0 Å².